The number of hydrogen-bond acceptors (Lipinski definition) is 4. The van der Waals surface area contributed by atoms with E-state index in [-0.39, 0.29) is 23.9 Å². The number of nitrogens with zero attached hydrogens (tertiary/aromatic N) is 2. The second-order valence-corrected chi connectivity index (χ2v) is 8.25. The lowest BCUT2D eigenvalue weighted by molar-refractivity contribution is -0.116. The Labute approximate surface area is 174 Å². The quantitative estimate of drug-likeness (QED) is 0.627. The largest absolute Gasteiger partial charge is 0.349 e. The molecule has 7 heteroatoms. The number of imidazole rings is 1. The van der Waals surface area contributed by atoms with Gasteiger partial charge in [0.15, 0.2) is 0 Å². The van der Waals surface area contributed by atoms with E-state index < -0.39 is 0 Å². The molecule has 0 unspecified atom stereocenters. The summed E-state index contributed by atoms with van der Waals surface area (Å²) in [5.74, 6) is 0.914. The smallest absolute Gasteiger partial charge is 0.251 e. The summed E-state index contributed by atoms with van der Waals surface area (Å²) in [5.41, 5.74) is 4.48. The van der Waals surface area contributed by atoms with E-state index in [1.807, 2.05) is 36.4 Å². The van der Waals surface area contributed by atoms with Crippen LogP contribution in [0.15, 0.2) is 42.5 Å². The predicted octanol–water partition coefficient (Wildman–Crippen LogP) is 3.01. The number of benzene rings is 2. The molecule has 1 aromatic heterocycles. The molecule has 3 N–H and O–H groups in total. The molecule has 0 aliphatic carbocycles. The molecule has 154 valence electrons. The molecule has 0 bridgehead atoms. The lowest BCUT2D eigenvalue weighted by atomic mass is 9.96. The highest BCUT2D eigenvalue weighted by molar-refractivity contribution is 5.98. The van der Waals surface area contributed by atoms with Crippen molar-refractivity contribution < 1.29 is 9.59 Å². The van der Waals surface area contributed by atoms with Crippen molar-refractivity contribution in [2.24, 2.45) is 0 Å². The van der Waals surface area contributed by atoms with Crippen molar-refractivity contribution >= 4 is 28.5 Å². The highest BCUT2D eigenvalue weighted by Crippen LogP contribution is 2.30. The van der Waals surface area contributed by atoms with Gasteiger partial charge < -0.3 is 15.6 Å². The third-order valence-electron chi connectivity index (χ3n) is 6.19. The van der Waals surface area contributed by atoms with Crippen molar-refractivity contribution in [3.8, 4) is 0 Å². The van der Waals surface area contributed by atoms with Crippen molar-refractivity contribution in [3.05, 3.63) is 59.4 Å². The van der Waals surface area contributed by atoms with E-state index in [0.29, 0.717) is 18.4 Å². The van der Waals surface area contributed by atoms with Crippen LogP contribution in [0.25, 0.3) is 11.0 Å². The number of likely N-dealkylation sites (tertiary alicyclic amines) is 1. The molecule has 2 amide bonds. The Morgan fingerprint density at radius 2 is 2.07 bits per heavy atom. The van der Waals surface area contributed by atoms with Crippen LogP contribution in [0.2, 0.25) is 0 Å². The van der Waals surface area contributed by atoms with Crippen molar-refractivity contribution in [3.63, 3.8) is 0 Å². The van der Waals surface area contributed by atoms with Gasteiger partial charge in [-0.3, -0.25) is 14.5 Å². The fourth-order valence-electron chi connectivity index (χ4n) is 4.46. The zero-order valence-corrected chi connectivity index (χ0v) is 16.9. The fraction of sp³-hybridized carbons (Fsp3) is 0.348. The number of piperidine rings is 1. The molecular weight excluding hydrogens is 378 g/mol. The first kappa shape index (κ1) is 18.8. The number of aryl methyl sites for hydroxylation is 1. The molecule has 7 nitrogen and oxygen atoms in total. The molecule has 2 aliphatic rings. The average Bonchev–Trinajstić information content (AvgIpc) is 3.18. The molecule has 5 rings (SSSR count). The Hall–Kier alpha value is -3.19. The van der Waals surface area contributed by atoms with Crippen molar-refractivity contribution in [1.82, 2.24) is 20.2 Å². The Kier molecular flexibility index (Phi) is 4.75. The van der Waals surface area contributed by atoms with Gasteiger partial charge in [0.2, 0.25) is 5.91 Å². The third kappa shape index (κ3) is 3.57. The van der Waals surface area contributed by atoms with Crippen molar-refractivity contribution in [1.29, 1.82) is 0 Å². The SMILES string of the molecule is CN1CC[C@@H](NC(=O)c2ccc3c(c2)CCC(=O)N3)C[C@@H]1c1nc2ccccc2[nH]1. The Bertz CT molecular complexity index is 1090. The molecule has 1 saturated heterocycles. The molecule has 3 heterocycles. The normalized spacial score (nSPS) is 21.8. The van der Waals surface area contributed by atoms with Crippen LogP contribution in [0, 0.1) is 0 Å². The minimum absolute atomic E-state index is 0.0302. The zero-order valence-electron chi connectivity index (χ0n) is 16.9. The van der Waals surface area contributed by atoms with Crippen molar-refractivity contribution in [2.75, 3.05) is 18.9 Å². The molecular formula is C23H25N5O2. The van der Waals surface area contributed by atoms with E-state index in [2.05, 4.69) is 27.6 Å². The van der Waals surface area contributed by atoms with Gasteiger partial charge >= 0.3 is 0 Å². The van der Waals surface area contributed by atoms with E-state index in [0.717, 1.165) is 47.5 Å². The molecule has 0 spiro atoms. The number of carbonyl (C=O) groups excluding carboxylic acids is 2. The molecule has 2 atom stereocenters. The van der Waals surface area contributed by atoms with E-state index in [1.54, 1.807) is 6.07 Å². The molecule has 0 radical (unpaired) electrons. The number of para-hydroxylation sites is 2. The number of carbonyl (C=O) groups is 2. The second kappa shape index (κ2) is 7.57. The third-order valence-corrected chi connectivity index (χ3v) is 6.19. The van der Waals surface area contributed by atoms with E-state index >= 15 is 0 Å². The number of hydrogen-bond donors (Lipinski definition) is 3. The van der Waals surface area contributed by atoms with Gasteiger partial charge in [-0.25, -0.2) is 4.98 Å². The van der Waals surface area contributed by atoms with Crippen LogP contribution >= 0.6 is 0 Å². The highest BCUT2D eigenvalue weighted by atomic mass is 16.2. The predicted molar refractivity (Wildman–Crippen MR) is 115 cm³/mol. The number of rotatable bonds is 3. The minimum Gasteiger partial charge on any atom is -0.349 e. The molecule has 0 saturated carbocycles. The van der Waals surface area contributed by atoms with Crippen LogP contribution in [0.1, 0.15) is 47.1 Å². The summed E-state index contributed by atoms with van der Waals surface area (Å²) >= 11 is 0. The maximum atomic E-state index is 12.9. The summed E-state index contributed by atoms with van der Waals surface area (Å²) in [6.45, 7) is 0.892. The van der Waals surface area contributed by atoms with Gasteiger partial charge in [0.1, 0.15) is 5.82 Å². The van der Waals surface area contributed by atoms with Crippen LogP contribution in [-0.4, -0.2) is 46.3 Å². The van der Waals surface area contributed by atoms with Gasteiger partial charge in [-0.05, 0) is 62.2 Å². The van der Waals surface area contributed by atoms with Gasteiger partial charge in [-0.15, -0.1) is 0 Å². The average molecular weight is 403 g/mol. The van der Waals surface area contributed by atoms with Crippen LogP contribution in [0.5, 0.6) is 0 Å². The topological polar surface area (TPSA) is 90.1 Å². The lowest BCUT2D eigenvalue weighted by Crippen LogP contribution is -2.45. The number of nitrogens with one attached hydrogen (secondary N) is 3. The summed E-state index contributed by atoms with van der Waals surface area (Å²) in [4.78, 5) is 34.9. The summed E-state index contributed by atoms with van der Waals surface area (Å²) in [7, 11) is 2.10. The number of aromatic nitrogens is 2. The molecule has 30 heavy (non-hydrogen) atoms. The van der Waals surface area contributed by atoms with Gasteiger partial charge in [-0.2, -0.15) is 0 Å². The standard InChI is InChI=1S/C23H25N5O2/c1-28-11-10-16(13-20(28)22-26-18-4-2-3-5-19(18)27-22)24-23(30)15-6-8-17-14(12-15)7-9-21(29)25-17/h2-6,8,12,16,20H,7,9-11,13H2,1H3,(H,24,30)(H,25,29)(H,26,27)/t16-,20-/m1/s1. The minimum atomic E-state index is -0.0624. The van der Waals surface area contributed by atoms with Gasteiger partial charge in [0.05, 0.1) is 17.1 Å². The first-order valence-corrected chi connectivity index (χ1v) is 10.5. The van der Waals surface area contributed by atoms with Crippen molar-refractivity contribution in [2.45, 2.75) is 37.8 Å². The summed E-state index contributed by atoms with van der Waals surface area (Å²) in [6.07, 6.45) is 2.85. The highest BCUT2D eigenvalue weighted by Gasteiger charge is 2.30. The first-order valence-electron chi connectivity index (χ1n) is 10.5. The Balaban J connectivity index is 1.30. The maximum absolute atomic E-state index is 12.9. The van der Waals surface area contributed by atoms with Gasteiger partial charge in [0, 0.05) is 30.3 Å². The Morgan fingerprint density at radius 3 is 2.93 bits per heavy atom. The number of amides is 2. The second-order valence-electron chi connectivity index (χ2n) is 8.25. The maximum Gasteiger partial charge on any atom is 0.251 e. The number of aromatic amines is 1. The first-order chi connectivity index (χ1) is 14.6. The monoisotopic (exact) mass is 403 g/mol. The molecule has 1 fully saturated rings. The van der Waals surface area contributed by atoms with Crippen LogP contribution in [-0.2, 0) is 11.2 Å². The Morgan fingerprint density at radius 1 is 1.20 bits per heavy atom. The van der Waals surface area contributed by atoms with Crippen LogP contribution in [0.3, 0.4) is 0 Å². The molecule has 2 aromatic carbocycles. The lowest BCUT2D eigenvalue weighted by Gasteiger charge is -2.36. The van der Waals surface area contributed by atoms with E-state index in [9.17, 15) is 9.59 Å². The zero-order chi connectivity index (χ0) is 20.7. The molecule has 3 aromatic rings. The summed E-state index contributed by atoms with van der Waals surface area (Å²) < 4.78 is 0. The number of anilines is 1. The number of H-pyrrole nitrogens is 1. The fourth-order valence-corrected chi connectivity index (χ4v) is 4.46. The van der Waals surface area contributed by atoms with Gasteiger partial charge in [-0.1, -0.05) is 12.1 Å². The van der Waals surface area contributed by atoms with Crippen LogP contribution in [0.4, 0.5) is 5.69 Å². The summed E-state index contributed by atoms with van der Waals surface area (Å²) in [5, 5.41) is 6.07. The van der Waals surface area contributed by atoms with E-state index in [1.165, 1.54) is 0 Å². The number of fused-ring (bicyclic) bond motifs is 2. The van der Waals surface area contributed by atoms with Gasteiger partial charge in [0.25, 0.3) is 5.91 Å². The van der Waals surface area contributed by atoms with Crippen LogP contribution < -0.4 is 10.6 Å². The molecule has 2 aliphatic heterocycles. The summed E-state index contributed by atoms with van der Waals surface area (Å²) in [6, 6.07) is 13.8. The van der Waals surface area contributed by atoms with E-state index in [4.69, 9.17) is 4.98 Å².